The van der Waals surface area contributed by atoms with Gasteiger partial charge in [-0.25, -0.2) is 0 Å². The molecule has 0 aliphatic heterocycles. The summed E-state index contributed by atoms with van der Waals surface area (Å²) in [5, 5.41) is 5.04. The van der Waals surface area contributed by atoms with Crippen LogP contribution in [0.5, 0.6) is 0 Å². The largest absolute Gasteiger partial charge is 0.456 e. The highest BCUT2D eigenvalue weighted by Gasteiger charge is 2.14. The smallest absolute Gasteiger partial charge is 0.136 e. The molecule has 2 heteroatoms. The quantitative estimate of drug-likeness (QED) is 0.133. The fourth-order valence-electron chi connectivity index (χ4n) is 13.8. The number of hydrogen-bond donors (Lipinski definition) is 0. The van der Waals surface area contributed by atoms with E-state index in [1.165, 1.54) is 164 Å². The van der Waals surface area contributed by atoms with Crippen molar-refractivity contribution in [1.82, 2.24) is 0 Å². The molecule has 16 aromatic carbocycles. The Morgan fingerprint density at radius 2 is 0.422 bits per heavy atom. The third-order valence-corrected chi connectivity index (χ3v) is 19.9. The Labute approximate surface area is 603 Å². The fourth-order valence-corrected chi connectivity index (χ4v) is 14.9. The van der Waals surface area contributed by atoms with E-state index in [-0.39, 0.29) is 0 Å². The van der Waals surface area contributed by atoms with Crippen molar-refractivity contribution in [3.05, 3.63) is 411 Å². The molecular weight excluding hydrogens is 1250 g/mol. The van der Waals surface area contributed by atoms with Crippen molar-refractivity contribution in [3.63, 3.8) is 0 Å². The number of rotatable bonds is 10. The van der Waals surface area contributed by atoms with E-state index in [0.29, 0.717) is 0 Å². The summed E-state index contributed by atoms with van der Waals surface area (Å²) < 4.78 is 8.77. The van der Waals surface area contributed by atoms with Gasteiger partial charge in [0.15, 0.2) is 0 Å². The highest BCUT2D eigenvalue weighted by atomic mass is 32.1. The lowest BCUT2D eigenvalue weighted by Crippen LogP contribution is -1.86. The molecule has 2 aromatic heterocycles. The summed E-state index contributed by atoms with van der Waals surface area (Å²) >= 11 is 1.88. The van der Waals surface area contributed by atoms with E-state index in [1.54, 1.807) is 0 Å². The molecule has 0 N–H and O–H groups in total. The molecule has 0 amide bonds. The van der Waals surface area contributed by atoms with Crippen LogP contribution in [-0.2, 0) is 0 Å². The van der Waals surface area contributed by atoms with Gasteiger partial charge in [0.25, 0.3) is 0 Å². The molecule has 1 nitrogen and oxygen atoms in total. The zero-order valence-corrected chi connectivity index (χ0v) is 58.6. The van der Waals surface area contributed by atoms with Crippen molar-refractivity contribution in [3.8, 4) is 111 Å². The van der Waals surface area contributed by atoms with Gasteiger partial charge in [0.2, 0.25) is 0 Å². The summed E-state index contributed by atoms with van der Waals surface area (Å²) in [5.41, 5.74) is 32.0. The molecule has 0 fully saturated rings. The predicted molar refractivity (Wildman–Crippen MR) is 439 cm³/mol. The fraction of sp³-hybridized carbons (Fsp3) is 0.0400. The van der Waals surface area contributed by atoms with Crippen LogP contribution in [-0.4, -0.2) is 0 Å². The van der Waals surface area contributed by atoms with Gasteiger partial charge < -0.3 is 4.42 Å². The zero-order chi connectivity index (χ0) is 69.1. The topological polar surface area (TPSA) is 13.1 Å². The molecule has 0 atom stereocenters. The Hall–Kier alpha value is -12.5. The first kappa shape index (κ1) is 65.5. The number of hydrogen-bond acceptors (Lipinski definition) is 2. The molecule has 488 valence electrons. The first-order valence-electron chi connectivity index (χ1n) is 35.0. The molecular formula is C100H76OS. The Balaban J connectivity index is 0.000000110. The Bertz CT molecular complexity index is 5620. The summed E-state index contributed by atoms with van der Waals surface area (Å²) in [6.07, 6.45) is 0. The molecule has 0 unspecified atom stereocenters. The lowest BCUT2D eigenvalue weighted by atomic mass is 9.93. The van der Waals surface area contributed by atoms with Gasteiger partial charge in [-0.3, -0.25) is 0 Å². The minimum Gasteiger partial charge on any atom is -0.456 e. The highest BCUT2D eigenvalue weighted by molar-refractivity contribution is 7.25. The maximum Gasteiger partial charge on any atom is 0.136 e. The number of para-hydroxylation sites is 1. The molecule has 18 rings (SSSR count). The van der Waals surface area contributed by atoms with Crippen LogP contribution >= 0.6 is 11.3 Å². The first-order chi connectivity index (χ1) is 50.1. The molecule has 0 saturated carbocycles. The van der Waals surface area contributed by atoms with Crippen LogP contribution in [0, 0.1) is 27.7 Å². The molecule has 0 aliphatic carbocycles. The minimum absolute atomic E-state index is 0.937. The van der Waals surface area contributed by atoms with Crippen molar-refractivity contribution in [1.29, 1.82) is 0 Å². The molecule has 102 heavy (non-hydrogen) atoms. The van der Waals surface area contributed by atoms with E-state index in [4.69, 9.17) is 4.42 Å². The van der Waals surface area contributed by atoms with Crippen LogP contribution in [0.3, 0.4) is 0 Å². The van der Waals surface area contributed by atoms with Gasteiger partial charge in [0.05, 0.1) is 0 Å². The van der Waals surface area contributed by atoms with Gasteiger partial charge in [-0.15, -0.1) is 11.3 Å². The second-order valence-corrected chi connectivity index (χ2v) is 27.4. The van der Waals surface area contributed by atoms with Crippen LogP contribution in [0.4, 0.5) is 0 Å². The third kappa shape index (κ3) is 15.2. The normalized spacial score (nSPS) is 10.9. The lowest BCUT2D eigenvalue weighted by molar-refractivity contribution is 0.669. The van der Waals surface area contributed by atoms with E-state index in [0.717, 1.165) is 11.2 Å². The number of thiophene rings is 1. The Kier molecular flexibility index (Phi) is 19.5. The predicted octanol–water partition coefficient (Wildman–Crippen LogP) is 28.9. The van der Waals surface area contributed by atoms with Crippen molar-refractivity contribution in [2.75, 3.05) is 0 Å². The second-order valence-electron chi connectivity index (χ2n) is 26.3. The average Bonchev–Trinajstić information content (AvgIpc) is 1.61. The first-order valence-corrected chi connectivity index (χ1v) is 35.8. The van der Waals surface area contributed by atoms with Gasteiger partial charge in [-0.05, 0) is 222 Å². The van der Waals surface area contributed by atoms with Gasteiger partial charge in [-0.1, -0.05) is 327 Å². The highest BCUT2D eigenvalue weighted by Crippen LogP contribution is 2.40. The monoisotopic (exact) mass is 1320 g/mol. The van der Waals surface area contributed by atoms with E-state index in [9.17, 15) is 0 Å². The van der Waals surface area contributed by atoms with Crippen LogP contribution in [0.1, 0.15) is 22.3 Å². The maximum absolute atomic E-state index is 6.06. The molecule has 0 radical (unpaired) electrons. The zero-order valence-electron chi connectivity index (χ0n) is 57.8. The van der Waals surface area contributed by atoms with E-state index in [2.05, 4.69) is 404 Å². The van der Waals surface area contributed by atoms with Gasteiger partial charge in [0.1, 0.15) is 11.2 Å². The van der Waals surface area contributed by atoms with Crippen molar-refractivity contribution in [2.24, 2.45) is 0 Å². The maximum atomic E-state index is 6.06. The Morgan fingerprint density at radius 3 is 0.853 bits per heavy atom. The lowest BCUT2D eigenvalue weighted by Gasteiger charge is -2.11. The van der Waals surface area contributed by atoms with Gasteiger partial charge in [0, 0.05) is 30.9 Å². The summed E-state index contributed by atoms with van der Waals surface area (Å²) in [7, 11) is 0. The van der Waals surface area contributed by atoms with E-state index in [1.807, 2.05) is 23.5 Å². The number of aryl methyl sites for hydroxylation is 4. The summed E-state index contributed by atoms with van der Waals surface area (Å²) in [6.45, 7) is 8.63. The third-order valence-electron chi connectivity index (χ3n) is 18.8. The Morgan fingerprint density at radius 1 is 0.157 bits per heavy atom. The molecule has 0 bridgehead atoms. The van der Waals surface area contributed by atoms with E-state index >= 15 is 0 Å². The van der Waals surface area contributed by atoms with Crippen LogP contribution in [0.15, 0.2) is 393 Å². The SMILES string of the molecule is Cc1cc(-c2ccccc2)cc(-c2ccc(-c3ccccc3)cc2)c1.Cc1cc(-c2ccccc2)cc(-c2ccc3c(c2)oc2ccccc23)c1.Cc1cc(-c2ccccc2)cc(-c2ccc3c(c2)sc2ccccc23)c1.Cc1cccc(-c2cc(-c3ccccc3)cc(-c3ccccc3)c2)c1. The number of benzene rings is 16. The molecule has 0 saturated heterocycles. The summed E-state index contributed by atoms with van der Waals surface area (Å²) in [5.74, 6) is 0. The van der Waals surface area contributed by atoms with Gasteiger partial charge >= 0.3 is 0 Å². The van der Waals surface area contributed by atoms with E-state index < -0.39 is 0 Å². The molecule has 2 heterocycles. The van der Waals surface area contributed by atoms with Gasteiger partial charge in [-0.2, -0.15) is 0 Å². The van der Waals surface area contributed by atoms with Crippen molar-refractivity contribution >= 4 is 53.4 Å². The van der Waals surface area contributed by atoms with Crippen LogP contribution < -0.4 is 0 Å². The second kappa shape index (κ2) is 30.3. The van der Waals surface area contributed by atoms with Crippen LogP contribution in [0.25, 0.3) is 153 Å². The van der Waals surface area contributed by atoms with Crippen molar-refractivity contribution in [2.45, 2.75) is 27.7 Å². The number of furan rings is 1. The summed E-state index contributed by atoms with van der Waals surface area (Å²) in [6, 6.07) is 138. The summed E-state index contributed by atoms with van der Waals surface area (Å²) in [4.78, 5) is 0. The number of fused-ring (bicyclic) bond motifs is 6. The molecule has 18 aromatic rings. The van der Waals surface area contributed by atoms with Crippen LogP contribution in [0.2, 0.25) is 0 Å². The standard InChI is InChI=1S/C25H18O.C25H18S.2C25H20/c2*1-17-13-20(18-7-3-2-4-8-18)15-21(14-17)19-11-12-23-22-9-5-6-10-24(22)26-25(23)16-19;1-19-9-8-14-22(15-19)25-17-23(20-10-4-2-5-11-20)16-24(18-25)21-12-6-3-7-13-21;1-19-16-24(21-10-6-3-7-11-21)18-25(17-19)23-14-12-22(13-15-23)20-8-4-2-5-9-20/h2*2-16H,1H3;2*2-18H,1H3. The minimum atomic E-state index is 0.937. The molecule has 0 aliphatic rings. The molecule has 0 spiro atoms. The average molecular weight is 1330 g/mol. The van der Waals surface area contributed by atoms with Crippen molar-refractivity contribution < 1.29 is 4.42 Å².